The molecule has 10 heteroatoms. The molecule has 0 unspecified atom stereocenters. The third kappa shape index (κ3) is 3.04. The van der Waals surface area contributed by atoms with Gasteiger partial charge in [0.05, 0.1) is 18.9 Å². The molecule has 6 nitrogen and oxygen atoms in total. The van der Waals surface area contributed by atoms with Crippen molar-refractivity contribution in [2.75, 3.05) is 19.2 Å². The summed E-state index contributed by atoms with van der Waals surface area (Å²) in [6, 6.07) is 1.84. The second kappa shape index (κ2) is 5.93. The van der Waals surface area contributed by atoms with Gasteiger partial charge in [-0.05, 0) is 12.1 Å². The third-order valence-electron chi connectivity index (χ3n) is 2.81. The van der Waals surface area contributed by atoms with Gasteiger partial charge >= 0.3 is 6.18 Å². The highest BCUT2D eigenvalue weighted by Crippen LogP contribution is 2.28. The predicted octanol–water partition coefficient (Wildman–Crippen LogP) is 2.30. The zero-order chi connectivity index (χ0) is 16.5. The first-order chi connectivity index (χ1) is 10.3. The lowest BCUT2D eigenvalue weighted by molar-refractivity contribution is -0.137. The molecule has 0 aromatic carbocycles. The van der Waals surface area contributed by atoms with E-state index >= 15 is 0 Å². The highest BCUT2D eigenvalue weighted by molar-refractivity contribution is 6.32. The minimum atomic E-state index is -4.51. The number of halogens is 4. The van der Waals surface area contributed by atoms with Crippen LogP contribution in [0.4, 0.5) is 18.9 Å². The molecule has 2 rings (SSSR count). The zero-order valence-corrected chi connectivity index (χ0v) is 12.2. The van der Waals surface area contributed by atoms with E-state index in [0.29, 0.717) is 6.20 Å². The Labute approximate surface area is 127 Å². The Kier molecular flexibility index (Phi) is 4.38. The average molecular weight is 335 g/mol. The van der Waals surface area contributed by atoms with Gasteiger partial charge in [-0.3, -0.25) is 14.7 Å². The van der Waals surface area contributed by atoms with Crippen LogP contribution in [0.1, 0.15) is 5.56 Å². The van der Waals surface area contributed by atoms with Crippen LogP contribution in [0.3, 0.4) is 0 Å². The normalized spacial score (nSPS) is 11.5. The molecule has 118 valence electrons. The van der Waals surface area contributed by atoms with Crippen molar-refractivity contribution in [2.24, 2.45) is 0 Å². The molecule has 0 aliphatic heterocycles. The van der Waals surface area contributed by atoms with Crippen LogP contribution in [0.5, 0.6) is 0 Å². The Morgan fingerprint density at radius 2 is 2.00 bits per heavy atom. The second-order valence-electron chi connectivity index (χ2n) is 4.14. The summed E-state index contributed by atoms with van der Waals surface area (Å²) in [5, 5.41) is 4.85. The van der Waals surface area contributed by atoms with Crippen molar-refractivity contribution in [3.63, 3.8) is 0 Å². The summed E-state index contributed by atoms with van der Waals surface area (Å²) in [7, 11) is 2.89. The fraction of sp³-hybridized carbons (Fsp3) is 0.250. The summed E-state index contributed by atoms with van der Waals surface area (Å²) >= 11 is 5.92. The van der Waals surface area contributed by atoms with E-state index in [2.05, 4.69) is 10.1 Å². The molecule has 0 bridgehead atoms. The molecule has 22 heavy (non-hydrogen) atoms. The number of hydrogen-bond donors (Lipinski definition) is 0. The standard InChI is InChI=1S/C12H10ClF3N4O2/c1-19(22-2)8-6-18-20(11(21)10(8)13)9-4-3-7(5-17-9)12(14,15)16/h3-6H,1-2H3. The molecule has 0 amide bonds. The van der Waals surface area contributed by atoms with Gasteiger partial charge in [0.25, 0.3) is 5.56 Å². The lowest BCUT2D eigenvalue weighted by Gasteiger charge is -2.17. The van der Waals surface area contributed by atoms with Crippen LogP contribution in [0.25, 0.3) is 5.82 Å². The first-order valence-electron chi connectivity index (χ1n) is 5.85. The maximum absolute atomic E-state index is 12.5. The first-order valence-corrected chi connectivity index (χ1v) is 6.22. The van der Waals surface area contributed by atoms with Crippen molar-refractivity contribution in [1.82, 2.24) is 14.8 Å². The molecule has 2 aromatic heterocycles. The Morgan fingerprint density at radius 3 is 2.50 bits per heavy atom. The Morgan fingerprint density at radius 1 is 1.32 bits per heavy atom. The predicted molar refractivity (Wildman–Crippen MR) is 73.1 cm³/mol. The van der Waals surface area contributed by atoms with Crippen molar-refractivity contribution < 1.29 is 18.0 Å². The lowest BCUT2D eigenvalue weighted by Crippen LogP contribution is -2.26. The van der Waals surface area contributed by atoms with Gasteiger partial charge in [-0.15, -0.1) is 0 Å². The summed E-state index contributed by atoms with van der Waals surface area (Å²) in [6.45, 7) is 0. The summed E-state index contributed by atoms with van der Waals surface area (Å²) < 4.78 is 38.2. The quantitative estimate of drug-likeness (QED) is 0.806. The van der Waals surface area contributed by atoms with Gasteiger partial charge < -0.3 is 0 Å². The minimum Gasteiger partial charge on any atom is -0.277 e. The molecule has 0 aliphatic carbocycles. The van der Waals surface area contributed by atoms with Gasteiger partial charge in [-0.25, -0.2) is 4.98 Å². The van der Waals surface area contributed by atoms with Crippen LogP contribution in [0, 0.1) is 0 Å². The third-order valence-corrected chi connectivity index (χ3v) is 3.16. The monoisotopic (exact) mass is 334 g/mol. The smallest absolute Gasteiger partial charge is 0.277 e. The molecule has 2 aromatic rings. The van der Waals surface area contributed by atoms with E-state index in [0.717, 1.165) is 16.8 Å². The fourth-order valence-electron chi connectivity index (χ4n) is 1.58. The maximum Gasteiger partial charge on any atom is 0.417 e. The van der Waals surface area contributed by atoms with E-state index in [1.54, 1.807) is 0 Å². The molecule has 0 saturated heterocycles. The number of hydroxylamine groups is 1. The van der Waals surface area contributed by atoms with Crippen LogP contribution < -0.4 is 10.6 Å². The highest BCUT2D eigenvalue weighted by Gasteiger charge is 2.30. The summed E-state index contributed by atoms with van der Waals surface area (Å²) in [6.07, 6.45) is -2.65. The van der Waals surface area contributed by atoms with Gasteiger partial charge in [0.15, 0.2) is 5.82 Å². The van der Waals surface area contributed by atoms with Gasteiger partial charge in [-0.2, -0.15) is 23.0 Å². The SMILES string of the molecule is CON(C)c1cnn(-c2ccc(C(F)(F)F)cn2)c(=O)c1Cl. The maximum atomic E-state index is 12.5. The lowest BCUT2D eigenvalue weighted by atomic mass is 10.3. The number of alkyl halides is 3. The Hall–Kier alpha value is -2.13. The molecule has 0 radical (unpaired) electrons. The van der Waals surface area contributed by atoms with E-state index in [1.807, 2.05) is 0 Å². The molecule has 0 saturated carbocycles. The van der Waals surface area contributed by atoms with Gasteiger partial charge in [0.2, 0.25) is 0 Å². The van der Waals surface area contributed by atoms with E-state index in [-0.39, 0.29) is 16.5 Å². The Balaban J connectivity index is 2.46. The summed E-state index contributed by atoms with van der Waals surface area (Å²) in [5.74, 6) is -0.0773. The van der Waals surface area contributed by atoms with Crippen LogP contribution in [-0.2, 0) is 11.0 Å². The topological polar surface area (TPSA) is 60.2 Å². The number of aromatic nitrogens is 3. The summed E-state index contributed by atoms with van der Waals surface area (Å²) in [4.78, 5) is 20.6. The van der Waals surface area contributed by atoms with Crippen molar-refractivity contribution in [2.45, 2.75) is 6.18 Å². The van der Waals surface area contributed by atoms with Gasteiger partial charge in [0, 0.05) is 13.2 Å². The molecule has 0 N–H and O–H groups in total. The van der Waals surface area contributed by atoms with E-state index in [4.69, 9.17) is 16.4 Å². The van der Waals surface area contributed by atoms with Crippen LogP contribution in [-0.4, -0.2) is 28.9 Å². The zero-order valence-electron chi connectivity index (χ0n) is 11.4. The van der Waals surface area contributed by atoms with E-state index in [1.165, 1.54) is 25.4 Å². The molecular formula is C12H10ClF3N4O2. The average Bonchev–Trinajstić information content (AvgIpc) is 2.48. The van der Waals surface area contributed by atoms with E-state index in [9.17, 15) is 18.0 Å². The van der Waals surface area contributed by atoms with Gasteiger partial charge in [-0.1, -0.05) is 11.6 Å². The Bertz CT molecular complexity index is 731. The van der Waals surface area contributed by atoms with Crippen LogP contribution in [0.2, 0.25) is 5.02 Å². The number of anilines is 1. The molecule has 0 fully saturated rings. The molecule has 0 spiro atoms. The number of hydrogen-bond acceptors (Lipinski definition) is 5. The summed E-state index contributed by atoms with van der Waals surface area (Å²) in [5.41, 5.74) is -1.43. The molecular weight excluding hydrogens is 325 g/mol. The highest BCUT2D eigenvalue weighted by atomic mass is 35.5. The first kappa shape index (κ1) is 16.2. The number of nitrogens with zero attached hydrogens (tertiary/aromatic N) is 4. The molecule has 0 atom stereocenters. The van der Waals surface area contributed by atoms with Crippen LogP contribution in [0.15, 0.2) is 29.3 Å². The van der Waals surface area contributed by atoms with Gasteiger partial charge in [0.1, 0.15) is 10.7 Å². The molecule has 0 aliphatic rings. The van der Waals surface area contributed by atoms with E-state index < -0.39 is 17.3 Å². The fourth-order valence-corrected chi connectivity index (χ4v) is 1.83. The second-order valence-corrected chi connectivity index (χ2v) is 4.52. The van der Waals surface area contributed by atoms with Crippen molar-refractivity contribution >= 4 is 17.3 Å². The van der Waals surface area contributed by atoms with Crippen molar-refractivity contribution in [3.8, 4) is 5.82 Å². The largest absolute Gasteiger partial charge is 0.417 e. The minimum absolute atomic E-state index is 0.0773. The number of pyridine rings is 1. The number of rotatable bonds is 3. The van der Waals surface area contributed by atoms with Crippen LogP contribution >= 0.6 is 11.6 Å². The van der Waals surface area contributed by atoms with Crippen molar-refractivity contribution in [1.29, 1.82) is 0 Å². The van der Waals surface area contributed by atoms with Crippen molar-refractivity contribution in [3.05, 3.63) is 45.5 Å². The molecule has 2 heterocycles.